The van der Waals surface area contributed by atoms with Crippen LogP contribution in [0.15, 0.2) is 53.4 Å². The van der Waals surface area contributed by atoms with E-state index in [0.29, 0.717) is 25.6 Å². The van der Waals surface area contributed by atoms with Crippen LogP contribution in [0.2, 0.25) is 0 Å². The van der Waals surface area contributed by atoms with E-state index >= 15 is 0 Å². The van der Waals surface area contributed by atoms with Crippen LogP contribution < -0.4 is 20.3 Å². The van der Waals surface area contributed by atoms with Gasteiger partial charge < -0.3 is 14.2 Å². The highest BCUT2D eigenvalue weighted by molar-refractivity contribution is 7.92. The van der Waals surface area contributed by atoms with Crippen molar-refractivity contribution in [3.8, 4) is 5.75 Å². The molecule has 0 fully saturated rings. The molecular weight excluding hydrogens is 450 g/mol. The van der Waals surface area contributed by atoms with Crippen molar-refractivity contribution < 1.29 is 32.2 Å². The summed E-state index contributed by atoms with van der Waals surface area (Å²) in [5.41, 5.74) is 5.08. The lowest BCUT2D eigenvalue weighted by Crippen LogP contribution is -2.46. The zero-order valence-electron chi connectivity index (χ0n) is 18.8. The molecule has 0 aliphatic carbocycles. The molecule has 3 N–H and O–H groups in total. The smallest absolute Gasteiger partial charge is 0.269 e. The van der Waals surface area contributed by atoms with E-state index in [2.05, 4.69) is 15.6 Å². The Bertz CT molecular complexity index is 1010. The van der Waals surface area contributed by atoms with Crippen LogP contribution in [0.3, 0.4) is 0 Å². The zero-order valence-corrected chi connectivity index (χ0v) is 19.6. The van der Waals surface area contributed by atoms with Gasteiger partial charge in [-0.3, -0.25) is 25.2 Å². The van der Waals surface area contributed by atoms with Crippen LogP contribution in [-0.4, -0.2) is 52.8 Å². The van der Waals surface area contributed by atoms with Gasteiger partial charge in [0.2, 0.25) is 0 Å². The molecule has 33 heavy (non-hydrogen) atoms. The molecule has 10 nitrogen and oxygen atoms in total. The number of hydrogen-bond acceptors (Lipinski definition) is 7. The van der Waals surface area contributed by atoms with E-state index in [1.165, 1.54) is 36.4 Å². The Kier molecular flexibility index (Phi) is 10.1. The van der Waals surface area contributed by atoms with Gasteiger partial charge in [-0.25, -0.2) is 8.42 Å². The summed E-state index contributed by atoms with van der Waals surface area (Å²) in [6, 6.07) is 11.8. The molecule has 0 bridgehead atoms. The van der Waals surface area contributed by atoms with Crippen LogP contribution in [0, 0.1) is 0 Å². The number of hydrogen-bond donors (Lipinski definition) is 3. The summed E-state index contributed by atoms with van der Waals surface area (Å²) >= 11 is 0. The van der Waals surface area contributed by atoms with Gasteiger partial charge in [-0.15, -0.1) is 0 Å². The molecule has 2 aromatic rings. The Morgan fingerprint density at radius 2 is 1.58 bits per heavy atom. The highest BCUT2D eigenvalue weighted by atomic mass is 32.2. The van der Waals surface area contributed by atoms with Crippen LogP contribution >= 0.6 is 0 Å². The zero-order chi connectivity index (χ0) is 24.3. The fourth-order valence-corrected chi connectivity index (χ4v) is 3.64. The topological polar surface area (TPSA) is 132 Å². The monoisotopic (exact) mass is 479 g/mol. The molecule has 180 valence electrons. The van der Waals surface area contributed by atoms with E-state index in [1.807, 2.05) is 13.8 Å². The number of nitrogens with one attached hydrogen (secondary N) is 3. The van der Waals surface area contributed by atoms with Gasteiger partial charge in [0, 0.05) is 17.9 Å². The van der Waals surface area contributed by atoms with Crippen molar-refractivity contribution in [2.45, 2.75) is 31.8 Å². The van der Waals surface area contributed by atoms with Crippen LogP contribution in [-0.2, 0) is 24.3 Å². The first-order valence-electron chi connectivity index (χ1n) is 10.4. The summed E-state index contributed by atoms with van der Waals surface area (Å²) in [5, 5.41) is 0. The summed E-state index contributed by atoms with van der Waals surface area (Å²) in [5.74, 6) is -0.504. The van der Waals surface area contributed by atoms with E-state index in [1.54, 1.807) is 19.1 Å². The number of rotatable bonds is 12. The molecule has 0 saturated carbocycles. The van der Waals surface area contributed by atoms with Gasteiger partial charge >= 0.3 is 0 Å². The van der Waals surface area contributed by atoms with Crippen LogP contribution in [0.1, 0.15) is 31.1 Å². The minimum absolute atomic E-state index is 0.0769. The lowest BCUT2D eigenvalue weighted by molar-refractivity contribution is -0.133. The van der Waals surface area contributed by atoms with Gasteiger partial charge in [0.25, 0.3) is 21.8 Å². The van der Waals surface area contributed by atoms with Crippen molar-refractivity contribution in [2.75, 3.05) is 31.1 Å². The minimum Gasteiger partial charge on any atom is -0.494 e. The van der Waals surface area contributed by atoms with E-state index in [9.17, 15) is 18.0 Å². The van der Waals surface area contributed by atoms with Crippen molar-refractivity contribution in [2.24, 2.45) is 0 Å². The first-order chi connectivity index (χ1) is 15.8. The maximum atomic E-state index is 12.5. The number of sulfonamides is 1. The average molecular weight is 480 g/mol. The molecule has 0 saturated heterocycles. The number of hydrazine groups is 1. The second-order valence-electron chi connectivity index (χ2n) is 6.74. The van der Waals surface area contributed by atoms with E-state index in [0.717, 1.165) is 0 Å². The summed E-state index contributed by atoms with van der Waals surface area (Å²) in [6.45, 7) is 6.91. The summed E-state index contributed by atoms with van der Waals surface area (Å²) in [6.07, 6.45) is -0.773. The van der Waals surface area contributed by atoms with Gasteiger partial charge in [0.15, 0.2) is 0 Å². The molecule has 11 heteroatoms. The fraction of sp³-hybridized carbons (Fsp3) is 0.364. The number of carbonyl (C=O) groups excluding carboxylic acids is 2. The largest absolute Gasteiger partial charge is 0.494 e. The fourth-order valence-electron chi connectivity index (χ4n) is 2.58. The lowest BCUT2D eigenvalue weighted by Gasteiger charge is -2.14. The summed E-state index contributed by atoms with van der Waals surface area (Å²) in [7, 11) is -3.81. The molecule has 2 amide bonds. The molecule has 0 aliphatic rings. The lowest BCUT2D eigenvalue weighted by atomic mass is 10.2. The third kappa shape index (κ3) is 8.37. The Labute approximate surface area is 193 Å². The van der Waals surface area contributed by atoms with Gasteiger partial charge in [-0.2, -0.15) is 0 Å². The Hall–Kier alpha value is -3.15. The predicted octanol–water partition coefficient (Wildman–Crippen LogP) is 2.09. The number of anilines is 1. The number of amides is 2. The van der Waals surface area contributed by atoms with E-state index in [4.69, 9.17) is 14.2 Å². The number of carbonyl (C=O) groups is 2. The standard InChI is InChI=1S/C22H29N3O7S/c1-4-30-14-15-32-16(3)21(26)23-24-22(27)17-6-8-18(9-7-17)25-33(28,29)20-12-10-19(11-13-20)31-5-2/h6-13,16,25H,4-5,14-15H2,1-3H3,(H,23,26)(H,24,27). The second kappa shape index (κ2) is 12.8. The first kappa shape index (κ1) is 26.1. The predicted molar refractivity (Wildman–Crippen MR) is 122 cm³/mol. The van der Waals surface area contributed by atoms with Crippen LogP contribution in [0.5, 0.6) is 5.75 Å². The van der Waals surface area contributed by atoms with Crippen molar-refractivity contribution in [1.82, 2.24) is 10.9 Å². The molecule has 2 aromatic carbocycles. The van der Waals surface area contributed by atoms with E-state index < -0.39 is 27.9 Å². The van der Waals surface area contributed by atoms with Gasteiger partial charge in [0.1, 0.15) is 11.9 Å². The number of benzene rings is 2. The Morgan fingerprint density at radius 1 is 0.909 bits per heavy atom. The molecule has 1 unspecified atom stereocenters. The van der Waals surface area contributed by atoms with Gasteiger partial charge in [-0.1, -0.05) is 0 Å². The molecule has 0 spiro atoms. The van der Waals surface area contributed by atoms with Crippen LogP contribution in [0.25, 0.3) is 0 Å². The number of ether oxygens (including phenoxy) is 3. The quantitative estimate of drug-likeness (QED) is 0.314. The van der Waals surface area contributed by atoms with Crippen molar-refractivity contribution in [3.05, 3.63) is 54.1 Å². The minimum atomic E-state index is -3.81. The Balaban J connectivity index is 1.88. The highest BCUT2D eigenvalue weighted by Gasteiger charge is 2.16. The molecular formula is C22H29N3O7S. The van der Waals surface area contributed by atoms with E-state index in [-0.39, 0.29) is 22.8 Å². The maximum Gasteiger partial charge on any atom is 0.269 e. The SMILES string of the molecule is CCOCCOC(C)C(=O)NNC(=O)c1ccc(NS(=O)(=O)c2ccc(OCC)cc2)cc1. The molecule has 0 aromatic heterocycles. The molecule has 2 rings (SSSR count). The third-order valence-electron chi connectivity index (χ3n) is 4.31. The molecule has 0 aliphatic heterocycles. The van der Waals surface area contributed by atoms with Gasteiger partial charge in [-0.05, 0) is 69.3 Å². The summed E-state index contributed by atoms with van der Waals surface area (Å²) in [4.78, 5) is 24.3. The Morgan fingerprint density at radius 3 is 2.18 bits per heavy atom. The average Bonchev–Trinajstić information content (AvgIpc) is 2.80. The van der Waals surface area contributed by atoms with Crippen molar-refractivity contribution in [1.29, 1.82) is 0 Å². The molecule has 1 atom stereocenters. The van der Waals surface area contributed by atoms with Crippen LogP contribution in [0.4, 0.5) is 5.69 Å². The second-order valence-corrected chi connectivity index (χ2v) is 8.42. The highest BCUT2D eigenvalue weighted by Crippen LogP contribution is 2.19. The molecule has 0 radical (unpaired) electrons. The molecule has 0 heterocycles. The summed E-state index contributed by atoms with van der Waals surface area (Å²) < 4.78 is 43.3. The van der Waals surface area contributed by atoms with Crippen molar-refractivity contribution >= 4 is 27.5 Å². The van der Waals surface area contributed by atoms with Gasteiger partial charge in [0.05, 0.1) is 24.7 Å². The first-order valence-corrected chi connectivity index (χ1v) is 11.9. The third-order valence-corrected chi connectivity index (χ3v) is 5.71. The maximum absolute atomic E-state index is 12.5. The van der Waals surface area contributed by atoms with Crippen molar-refractivity contribution in [3.63, 3.8) is 0 Å². The normalized spacial score (nSPS) is 12.0.